The van der Waals surface area contributed by atoms with Crippen LogP contribution in [0.3, 0.4) is 0 Å². The van der Waals surface area contributed by atoms with Crippen molar-refractivity contribution < 1.29 is 13.3 Å². The fourth-order valence-corrected chi connectivity index (χ4v) is 3.26. The van der Waals surface area contributed by atoms with Crippen molar-refractivity contribution in [1.82, 2.24) is 14.1 Å². The van der Waals surface area contributed by atoms with Crippen molar-refractivity contribution in [2.24, 2.45) is 0 Å². The van der Waals surface area contributed by atoms with Gasteiger partial charge in [-0.15, -0.1) is 4.72 Å². The minimum absolute atomic E-state index is 0.0975. The number of pyridine rings is 1. The summed E-state index contributed by atoms with van der Waals surface area (Å²) in [4.78, 5) is 4.44. The van der Waals surface area contributed by atoms with Gasteiger partial charge in [-0.1, -0.05) is 0 Å². The quantitative estimate of drug-likeness (QED) is 0.767. The lowest BCUT2D eigenvalue weighted by Gasteiger charge is -2.25. The van der Waals surface area contributed by atoms with Crippen LogP contribution < -0.4 is 4.72 Å². The van der Waals surface area contributed by atoms with Crippen LogP contribution in [0.25, 0.3) is 5.65 Å². The van der Waals surface area contributed by atoms with E-state index in [0.29, 0.717) is 15.8 Å². The van der Waals surface area contributed by atoms with Crippen LogP contribution in [0.4, 0.5) is 8.78 Å². The van der Waals surface area contributed by atoms with Crippen molar-refractivity contribution in [2.45, 2.75) is 51.3 Å². The number of nitrogens with one attached hydrogen (secondary N) is 1. The molecule has 2 aromatic rings. The van der Waals surface area contributed by atoms with E-state index in [0.717, 1.165) is 6.92 Å². The molecule has 0 saturated heterocycles. The Balaban J connectivity index is 2.35. The summed E-state index contributed by atoms with van der Waals surface area (Å²) < 4.78 is 43.9. The normalized spacial score (nSPS) is 15.9. The van der Waals surface area contributed by atoms with E-state index in [9.17, 15) is 13.3 Å². The monoisotopic (exact) mass is 407 g/mol. The predicted molar refractivity (Wildman–Crippen MR) is 91.9 cm³/mol. The van der Waals surface area contributed by atoms with Crippen molar-refractivity contribution in [3.8, 4) is 0 Å². The van der Waals surface area contributed by atoms with Crippen LogP contribution in [-0.2, 0) is 17.3 Å². The number of imidazole rings is 1. The number of aromatic nitrogens is 2. The van der Waals surface area contributed by atoms with Gasteiger partial charge < -0.3 is 8.95 Å². The van der Waals surface area contributed by atoms with Gasteiger partial charge in [0.2, 0.25) is 0 Å². The van der Waals surface area contributed by atoms with Crippen LogP contribution in [0.1, 0.15) is 51.9 Å². The third kappa shape index (κ3) is 4.23. The molecule has 2 rings (SSSR count). The lowest BCUT2D eigenvalue weighted by atomic mass is 10.2. The average Bonchev–Trinajstić information content (AvgIpc) is 2.81. The summed E-state index contributed by atoms with van der Waals surface area (Å²) in [5.41, 5.74) is 1.09. The van der Waals surface area contributed by atoms with Crippen molar-refractivity contribution in [3.63, 3.8) is 0 Å². The molecule has 1 N–H and O–H groups in total. The highest BCUT2D eigenvalue weighted by atomic mass is 79.9. The van der Waals surface area contributed by atoms with Crippen LogP contribution in [0, 0.1) is 0 Å². The maximum atomic E-state index is 13.5. The van der Waals surface area contributed by atoms with Gasteiger partial charge in [0.25, 0.3) is 5.92 Å². The van der Waals surface area contributed by atoms with E-state index in [1.54, 1.807) is 10.6 Å². The summed E-state index contributed by atoms with van der Waals surface area (Å²) in [6.45, 7) is 8.32. The Morgan fingerprint density at radius 2 is 1.91 bits per heavy atom. The Labute approximate surface area is 146 Å². The zero-order chi connectivity index (χ0) is 17.6. The Hall–Kier alpha value is -0.700. The summed E-state index contributed by atoms with van der Waals surface area (Å²) >= 11 is 2.04. The molecular weight excluding hydrogens is 388 g/mol. The second-order valence-electron chi connectivity index (χ2n) is 6.58. The van der Waals surface area contributed by atoms with Gasteiger partial charge in [-0.25, -0.2) is 13.8 Å². The molecule has 8 heteroatoms. The zero-order valence-electron chi connectivity index (χ0n) is 13.7. The standard InChI is InChI=1S/C15H20BrF2N3OS/c1-9(20-23(22)14(2,3)4)12-8-21-7-10(15(5,17)18)6-11(16)13(21)19-12/h6-9,20H,1-5H3/t9-,23?/m1/s1. The molecule has 0 aliphatic carbocycles. The summed E-state index contributed by atoms with van der Waals surface area (Å²) in [5, 5.41) is 0. The number of hydrogen-bond acceptors (Lipinski definition) is 3. The van der Waals surface area contributed by atoms with Gasteiger partial charge >= 0.3 is 0 Å². The van der Waals surface area contributed by atoms with Gasteiger partial charge in [0.1, 0.15) is 4.75 Å². The summed E-state index contributed by atoms with van der Waals surface area (Å²) in [6.07, 6.45) is 3.04. The van der Waals surface area contributed by atoms with E-state index in [4.69, 9.17) is 0 Å². The fourth-order valence-electron chi connectivity index (χ4n) is 1.92. The summed E-state index contributed by atoms with van der Waals surface area (Å²) in [7, 11) is 0. The van der Waals surface area contributed by atoms with E-state index in [-0.39, 0.29) is 11.6 Å². The third-order valence-corrected chi connectivity index (χ3v) is 5.58. The van der Waals surface area contributed by atoms with Crippen LogP contribution >= 0.6 is 15.9 Å². The fraction of sp³-hybridized carbons (Fsp3) is 0.533. The molecule has 128 valence electrons. The van der Waals surface area contributed by atoms with E-state index in [1.165, 1.54) is 12.3 Å². The van der Waals surface area contributed by atoms with Crippen molar-refractivity contribution in [3.05, 3.63) is 34.2 Å². The highest BCUT2D eigenvalue weighted by molar-refractivity contribution is 9.10. The maximum Gasteiger partial charge on any atom is 0.271 e. The predicted octanol–water partition coefficient (Wildman–Crippen LogP) is 4.32. The largest absolute Gasteiger partial charge is 0.598 e. The first-order valence-electron chi connectivity index (χ1n) is 7.14. The Morgan fingerprint density at radius 1 is 1.30 bits per heavy atom. The molecule has 2 heterocycles. The topological polar surface area (TPSA) is 52.4 Å². The second kappa shape index (κ2) is 6.31. The molecule has 1 unspecified atom stereocenters. The van der Waals surface area contributed by atoms with Gasteiger partial charge in [0.05, 0.1) is 16.2 Å². The van der Waals surface area contributed by atoms with Crippen molar-refractivity contribution in [2.75, 3.05) is 0 Å². The maximum absolute atomic E-state index is 13.5. The molecule has 0 aliphatic heterocycles. The Bertz CT molecular complexity index is 709. The molecule has 0 fully saturated rings. The molecule has 0 bridgehead atoms. The number of fused-ring (bicyclic) bond motifs is 1. The molecule has 2 aromatic heterocycles. The minimum Gasteiger partial charge on any atom is -0.598 e. The summed E-state index contributed by atoms with van der Waals surface area (Å²) in [5.74, 6) is -2.93. The van der Waals surface area contributed by atoms with Gasteiger partial charge in [0, 0.05) is 36.2 Å². The molecule has 0 aliphatic rings. The molecule has 0 saturated carbocycles. The number of halogens is 3. The number of hydrogen-bond donors (Lipinski definition) is 1. The highest BCUT2D eigenvalue weighted by Gasteiger charge is 2.30. The van der Waals surface area contributed by atoms with E-state index in [2.05, 4.69) is 25.6 Å². The molecule has 0 spiro atoms. The van der Waals surface area contributed by atoms with Gasteiger partial charge in [-0.05, 0) is 49.7 Å². The van der Waals surface area contributed by atoms with Gasteiger partial charge in [-0.3, -0.25) is 0 Å². The lowest BCUT2D eigenvalue weighted by Crippen LogP contribution is -2.40. The van der Waals surface area contributed by atoms with Crippen LogP contribution in [-0.4, -0.2) is 18.7 Å². The summed E-state index contributed by atoms with van der Waals surface area (Å²) in [6, 6.07) is 1.10. The van der Waals surface area contributed by atoms with E-state index >= 15 is 0 Å². The second-order valence-corrected chi connectivity index (χ2v) is 9.43. The number of rotatable bonds is 4. The van der Waals surface area contributed by atoms with Crippen LogP contribution in [0.5, 0.6) is 0 Å². The molecule has 0 radical (unpaired) electrons. The van der Waals surface area contributed by atoms with Crippen LogP contribution in [0.2, 0.25) is 0 Å². The van der Waals surface area contributed by atoms with E-state index < -0.39 is 22.0 Å². The Morgan fingerprint density at radius 3 is 2.43 bits per heavy atom. The minimum atomic E-state index is -2.93. The number of nitrogens with zero attached hydrogens (tertiary/aromatic N) is 2. The molecular formula is C15H20BrF2N3OS. The lowest BCUT2D eigenvalue weighted by molar-refractivity contribution is 0.0170. The number of alkyl halides is 2. The smallest absolute Gasteiger partial charge is 0.271 e. The molecule has 2 atom stereocenters. The highest BCUT2D eigenvalue weighted by Crippen LogP contribution is 2.31. The first-order chi connectivity index (χ1) is 10.4. The van der Waals surface area contributed by atoms with Crippen molar-refractivity contribution >= 4 is 32.9 Å². The van der Waals surface area contributed by atoms with Gasteiger partial charge in [-0.2, -0.15) is 0 Å². The molecule has 23 heavy (non-hydrogen) atoms. The van der Waals surface area contributed by atoms with E-state index in [1.807, 2.05) is 27.7 Å². The molecule has 4 nitrogen and oxygen atoms in total. The Kier molecular flexibility index (Phi) is 5.11. The van der Waals surface area contributed by atoms with Gasteiger partial charge in [0.15, 0.2) is 5.65 Å². The first kappa shape index (κ1) is 18.6. The zero-order valence-corrected chi connectivity index (χ0v) is 16.1. The SMILES string of the molecule is C[C@@H](N[S+]([O-])C(C)(C)C)c1cn2cc(C(C)(F)F)cc(Br)c2n1. The molecule has 0 aromatic carbocycles. The molecule has 0 amide bonds. The van der Waals surface area contributed by atoms with Crippen molar-refractivity contribution in [1.29, 1.82) is 0 Å². The third-order valence-electron chi connectivity index (χ3n) is 3.32. The average molecular weight is 408 g/mol. The van der Waals surface area contributed by atoms with Crippen LogP contribution in [0.15, 0.2) is 22.9 Å². The first-order valence-corrected chi connectivity index (χ1v) is 9.08.